The van der Waals surface area contributed by atoms with Crippen LogP contribution in [0.5, 0.6) is 0 Å². The summed E-state index contributed by atoms with van der Waals surface area (Å²) in [5.41, 5.74) is 2.39. The number of hydrogen-bond acceptors (Lipinski definition) is 5. The molecule has 0 radical (unpaired) electrons. The predicted octanol–water partition coefficient (Wildman–Crippen LogP) is 2.54. The van der Waals surface area contributed by atoms with Gasteiger partial charge in [0.15, 0.2) is 5.82 Å². The van der Waals surface area contributed by atoms with Crippen molar-refractivity contribution in [2.24, 2.45) is 5.84 Å². The second kappa shape index (κ2) is 5.93. The number of pyridine rings is 1. The van der Waals surface area contributed by atoms with Gasteiger partial charge in [0.2, 0.25) is 0 Å². The van der Waals surface area contributed by atoms with E-state index >= 15 is 0 Å². The number of anilines is 1. The highest BCUT2D eigenvalue weighted by atomic mass is 35.5. The van der Waals surface area contributed by atoms with Crippen molar-refractivity contribution in [1.29, 1.82) is 0 Å². The van der Waals surface area contributed by atoms with Crippen LogP contribution in [0.25, 0.3) is 0 Å². The van der Waals surface area contributed by atoms with Crippen LogP contribution in [-0.2, 0) is 0 Å². The molecule has 0 aliphatic heterocycles. The van der Waals surface area contributed by atoms with Gasteiger partial charge in [-0.05, 0) is 13.0 Å². The summed E-state index contributed by atoms with van der Waals surface area (Å²) in [6.45, 7) is 3.60. The van der Waals surface area contributed by atoms with E-state index in [-0.39, 0.29) is 5.25 Å². The van der Waals surface area contributed by atoms with Crippen molar-refractivity contribution < 1.29 is 5.11 Å². The minimum absolute atomic E-state index is 0.0169. The Kier molecular flexibility index (Phi) is 5.14. The van der Waals surface area contributed by atoms with Crippen LogP contribution in [-0.4, -0.2) is 21.4 Å². The smallest absolute Gasteiger partial charge is 0.160 e. The number of halogens is 2. The molecule has 0 amide bonds. The maximum atomic E-state index is 9.40. The van der Waals surface area contributed by atoms with E-state index in [1.165, 1.54) is 11.8 Å². The Morgan fingerprint density at radius 1 is 1.44 bits per heavy atom. The van der Waals surface area contributed by atoms with Crippen LogP contribution in [0.15, 0.2) is 11.1 Å². The highest BCUT2D eigenvalue weighted by Gasteiger charge is 2.15. The van der Waals surface area contributed by atoms with Crippen molar-refractivity contribution in [3.8, 4) is 0 Å². The third kappa shape index (κ3) is 3.40. The van der Waals surface area contributed by atoms with Crippen LogP contribution in [0, 0.1) is 0 Å². The summed E-state index contributed by atoms with van der Waals surface area (Å²) in [5, 5.41) is 10.8. The van der Waals surface area contributed by atoms with Gasteiger partial charge in [-0.2, -0.15) is 0 Å². The molecule has 7 heteroatoms. The lowest BCUT2D eigenvalue weighted by Crippen LogP contribution is -2.16. The zero-order valence-corrected chi connectivity index (χ0v) is 11.2. The minimum Gasteiger partial charge on any atom is -0.392 e. The number of nitrogens with two attached hydrogens (primary N) is 1. The standard InChI is InChI=1S/C9H13Cl2N3OS/c1-4(15)5(2)16-9-7(11)3-6(10)8(13-9)14-12/h3-5,15H,12H2,1-2H3,(H,13,14). The first-order valence-corrected chi connectivity index (χ1v) is 6.26. The second-order valence-electron chi connectivity index (χ2n) is 3.31. The summed E-state index contributed by atoms with van der Waals surface area (Å²) in [6, 6.07) is 1.57. The van der Waals surface area contributed by atoms with E-state index in [2.05, 4.69) is 10.4 Å². The maximum absolute atomic E-state index is 9.40. The molecular weight excluding hydrogens is 269 g/mol. The monoisotopic (exact) mass is 281 g/mol. The zero-order valence-electron chi connectivity index (χ0n) is 8.87. The zero-order chi connectivity index (χ0) is 12.3. The summed E-state index contributed by atoms with van der Waals surface area (Å²) >= 11 is 13.2. The molecule has 1 aromatic rings. The number of nitrogens with zero attached hydrogens (tertiary/aromatic N) is 1. The SMILES string of the molecule is CC(O)C(C)Sc1nc(NN)c(Cl)cc1Cl. The van der Waals surface area contributed by atoms with Gasteiger partial charge in [-0.1, -0.05) is 41.9 Å². The first-order valence-electron chi connectivity index (χ1n) is 4.63. The number of hydrogen-bond donors (Lipinski definition) is 3. The third-order valence-corrected chi connectivity index (χ3v) is 4.00. The highest BCUT2D eigenvalue weighted by molar-refractivity contribution is 8.00. The van der Waals surface area contributed by atoms with Crippen molar-refractivity contribution in [1.82, 2.24) is 4.98 Å². The third-order valence-electron chi connectivity index (χ3n) is 2.01. The van der Waals surface area contributed by atoms with E-state index in [1.54, 1.807) is 13.0 Å². The average Bonchev–Trinajstić information content (AvgIpc) is 2.21. The number of aliphatic hydroxyl groups excluding tert-OH is 1. The summed E-state index contributed by atoms with van der Waals surface area (Å²) in [6.07, 6.45) is -0.451. The summed E-state index contributed by atoms with van der Waals surface area (Å²) in [4.78, 5) is 4.16. The second-order valence-corrected chi connectivity index (χ2v) is 5.49. The number of nitrogens with one attached hydrogen (secondary N) is 1. The number of rotatable bonds is 4. The quantitative estimate of drug-likeness (QED) is 0.450. The number of thioether (sulfide) groups is 1. The molecule has 4 nitrogen and oxygen atoms in total. The Labute approximate surface area is 108 Å². The number of aromatic nitrogens is 1. The van der Waals surface area contributed by atoms with E-state index in [0.717, 1.165) is 0 Å². The highest BCUT2D eigenvalue weighted by Crippen LogP contribution is 2.34. The van der Waals surface area contributed by atoms with Gasteiger partial charge >= 0.3 is 0 Å². The lowest BCUT2D eigenvalue weighted by atomic mass is 10.3. The van der Waals surface area contributed by atoms with Crippen LogP contribution in [0.3, 0.4) is 0 Å². The molecule has 0 saturated heterocycles. The molecule has 16 heavy (non-hydrogen) atoms. The molecule has 2 unspecified atom stereocenters. The van der Waals surface area contributed by atoms with Gasteiger partial charge in [0, 0.05) is 5.25 Å². The minimum atomic E-state index is -0.451. The van der Waals surface area contributed by atoms with Crippen LogP contribution in [0.1, 0.15) is 13.8 Å². The van der Waals surface area contributed by atoms with Gasteiger partial charge in [0.05, 0.1) is 16.1 Å². The van der Waals surface area contributed by atoms with Crippen LogP contribution >= 0.6 is 35.0 Å². The summed E-state index contributed by atoms with van der Waals surface area (Å²) in [5.74, 6) is 5.63. The Hall–Kier alpha value is -0.200. The molecule has 0 fully saturated rings. The fourth-order valence-corrected chi connectivity index (χ4v) is 2.32. The molecule has 0 bridgehead atoms. The lowest BCUT2D eigenvalue weighted by molar-refractivity contribution is 0.196. The first-order chi connectivity index (χ1) is 7.45. The van der Waals surface area contributed by atoms with Gasteiger partial charge in [-0.15, -0.1) is 0 Å². The predicted molar refractivity (Wildman–Crippen MR) is 69.1 cm³/mol. The van der Waals surface area contributed by atoms with Crippen LogP contribution in [0.4, 0.5) is 5.82 Å². The Bertz CT molecular complexity index is 376. The van der Waals surface area contributed by atoms with Crippen molar-refractivity contribution in [3.05, 3.63) is 16.1 Å². The molecule has 2 atom stereocenters. The first kappa shape index (κ1) is 13.9. The molecule has 1 rings (SSSR count). The largest absolute Gasteiger partial charge is 0.392 e. The van der Waals surface area contributed by atoms with E-state index in [1.807, 2.05) is 6.92 Å². The maximum Gasteiger partial charge on any atom is 0.160 e. The fraction of sp³-hybridized carbons (Fsp3) is 0.444. The molecule has 0 spiro atoms. The molecule has 0 aliphatic carbocycles. The number of nitrogen functional groups attached to an aromatic ring is 1. The van der Waals surface area contributed by atoms with E-state index in [0.29, 0.717) is 20.9 Å². The van der Waals surface area contributed by atoms with E-state index in [4.69, 9.17) is 29.0 Å². The molecular formula is C9H13Cl2N3OS. The van der Waals surface area contributed by atoms with E-state index in [9.17, 15) is 5.11 Å². The Morgan fingerprint density at radius 2 is 2.06 bits per heavy atom. The normalized spacial score (nSPS) is 14.6. The Balaban J connectivity index is 2.96. The van der Waals surface area contributed by atoms with Crippen LogP contribution in [0.2, 0.25) is 10.0 Å². The van der Waals surface area contributed by atoms with Crippen molar-refractivity contribution >= 4 is 40.8 Å². The summed E-state index contributed by atoms with van der Waals surface area (Å²) in [7, 11) is 0. The molecule has 0 aliphatic rings. The number of hydrazine groups is 1. The lowest BCUT2D eigenvalue weighted by Gasteiger charge is -2.15. The van der Waals surface area contributed by atoms with Crippen molar-refractivity contribution in [2.75, 3.05) is 5.43 Å². The van der Waals surface area contributed by atoms with E-state index < -0.39 is 6.10 Å². The van der Waals surface area contributed by atoms with Crippen LogP contribution < -0.4 is 11.3 Å². The topological polar surface area (TPSA) is 71.2 Å². The van der Waals surface area contributed by atoms with Gasteiger partial charge in [0.25, 0.3) is 0 Å². The molecule has 90 valence electrons. The molecule has 4 N–H and O–H groups in total. The van der Waals surface area contributed by atoms with Gasteiger partial charge < -0.3 is 10.5 Å². The molecule has 0 aromatic carbocycles. The van der Waals surface area contributed by atoms with Crippen molar-refractivity contribution in [2.45, 2.75) is 30.2 Å². The Morgan fingerprint density at radius 3 is 2.56 bits per heavy atom. The average molecular weight is 282 g/mol. The number of aliphatic hydroxyl groups is 1. The van der Waals surface area contributed by atoms with Gasteiger partial charge in [-0.3, -0.25) is 0 Å². The summed E-state index contributed by atoms with van der Waals surface area (Å²) < 4.78 is 0. The van der Waals surface area contributed by atoms with Gasteiger partial charge in [0.1, 0.15) is 5.03 Å². The molecule has 1 aromatic heterocycles. The fourth-order valence-electron chi connectivity index (χ4n) is 0.908. The molecule has 1 heterocycles. The van der Waals surface area contributed by atoms with Crippen molar-refractivity contribution in [3.63, 3.8) is 0 Å². The molecule has 0 saturated carbocycles. The van der Waals surface area contributed by atoms with Gasteiger partial charge in [-0.25, -0.2) is 10.8 Å².